The summed E-state index contributed by atoms with van der Waals surface area (Å²) >= 11 is 6.08. The van der Waals surface area contributed by atoms with Crippen molar-refractivity contribution < 1.29 is 27.5 Å². The van der Waals surface area contributed by atoms with Gasteiger partial charge in [-0.1, -0.05) is 29.8 Å². The molecule has 0 saturated carbocycles. The maximum absolute atomic E-state index is 14.3. The van der Waals surface area contributed by atoms with Crippen LogP contribution in [0.3, 0.4) is 0 Å². The third-order valence-electron chi connectivity index (χ3n) is 9.11. The van der Waals surface area contributed by atoms with Gasteiger partial charge in [0.15, 0.2) is 0 Å². The van der Waals surface area contributed by atoms with Crippen molar-refractivity contribution in [2.24, 2.45) is 0 Å². The lowest BCUT2D eigenvalue weighted by atomic mass is 9.74. The van der Waals surface area contributed by atoms with E-state index in [1.807, 2.05) is 18.2 Å². The zero-order valence-electron chi connectivity index (χ0n) is 24.2. The Bertz CT molecular complexity index is 1710. The van der Waals surface area contributed by atoms with E-state index in [1.54, 1.807) is 29.2 Å². The van der Waals surface area contributed by atoms with E-state index < -0.39 is 33.3 Å². The fourth-order valence-electron chi connectivity index (χ4n) is 6.71. The second-order valence-electron chi connectivity index (χ2n) is 12.0. The molecule has 1 fully saturated rings. The highest BCUT2D eigenvalue weighted by atomic mass is 35.5. The van der Waals surface area contributed by atoms with Gasteiger partial charge < -0.3 is 20.6 Å². The number of hydrogen-bond acceptors (Lipinski definition) is 6. The zero-order chi connectivity index (χ0) is 31.2. The SMILES string of the molecule is CS(=O)(=O)N1CC2(CCN(C(=O)[C@@H](Cc3ccc(Cl)cc3)NC(=O)C3Cc4ccc(O)cc4CN3)CC2)c2cc(F)ccc21. The lowest BCUT2D eigenvalue weighted by Crippen LogP contribution is -2.57. The quantitative estimate of drug-likeness (QED) is 0.381. The molecule has 3 N–H and O–H groups in total. The number of fused-ring (bicyclic) bond motifs is 3. The van der Waals surface area contributed by atoms with Gasteiger partial charge in [0.25, 0.3) is 0 Å². The van der Waals surface area contributed by atoms with Crippen LogP contribution in [0.4, 0.5) is 10.1 Å². The summed E-state index contributed by atoms with van der Waals surface area (Å²) in [6.45, 7) is 1.28. The van der Waals surface area contributed by atoms with E-state index in [-0.39, 0.29) is 30.5 Å². The lowest BCUT2D eigenvalue weighted by Gasteiger charge is -2.41. The van der Waals surface area contributed by atoms with Gasteiger partial charge in [-0.3, -0.25) is 13.9 Å². The van der Waals surface area contributed by atoms with Crippen molar-refractivity contribution in [3.8, 4) is 5.75 Å². The number of phenolic OH excluding ortho intramolecular Hbond substituents is 1. The van der Waals surface area contributed by atoms with Crippen LogP contribution < -0.4 is 14.9 Å². The molecule has 3 aromatic carbocycles. The molecule has 232 valence electrons. The van der Waals surface area contributed by atoms with Crippen LogP contribution in [-0.2, 0) is 44.4 Å². The Labute approximate surface area is 261 Å². The van der Waals surface area contributed by atoms with Crippen LogP contribution in [0.2, 0.25) is 5.02 Å². The predicted octanol–water partition coefficient (Wildman–Crippen LogP) is 3.27. The molecule has 0 radical (unpaired) electrons. The standard InChI is InChI=1S/C32H34ClFN4O5S/c1-44(42,43)38-19-32(26-17-24(34)7-9-29(26)38)10-12-37(13-11-32)31(41)28(14-20-2-5-23(33)6-3-20)36-30(40)27-16-21-4-8-25(39)15-22(21)18-35-27/h2-9,15,17,27-28,35,39H,10-14,16,18-19H2,1H3,(H,36,40)/t27?,28-/m1/s1. The number of benzene rings is 3. The number of halogens is 2. The fraction of sp³-hybridized carbons (Fsp3) is 0.375. The second kappa shape index (κ2) is 11.7. The topological polar surface area (TPSA) is 119 Å². The van der Waals surface area contributed by atoms with Crippen LogP contribution in [0.25, 0.3) is 0 Å². The summed E-state index contributed by atoms with van der Waals surface area (Å²) in [6, 6.07) is 15.0. The van der Waals surface area contributed by atoms with Gasteiger partial charge in [-0.15, -0.1) is 0 Å². The third kappa shape index (κ3) is 6.00. The Hall–Kier alpha value is -3.67. The van der Waals surface area contributed by atoms with Gasteiger partial charge in [0, 0.05) is 43.0 Å². The molecule has 3 aromatic rings. The highest BCUT2D eigenvalue weighted by Gasteiger charge is 2.48. The number of carbonyl (C=O) groups excluding carboxylic acids is 2. The Morgan fingerprint density at radius 2 is 1.82 bits per heavy atom. The molecule has 6 rings (SSSR count). The molecule has 12 heteroatoms. The highest BCUT2D eigenvalue weighted by Crippen LogP contribution is 2.48. The largest absolute Gasteiger partial charge is 0.508 e. The number of nitrogens with zero attached hydrogens (tertiary/aromatic N) is 2. The number of amides is 2. The van der Waals surface area contributed by atoms with E-state index in [4.69, 9.17) is 11.6 Å². The molecule has 44 heavy (non-hydrogen) atoms. The first kappa shape index (κ1) is 30.4. The van der Waals surface area contributed by atoms with Crippen LogP contribution in [0.1, 0.15) is 35.1 Å². The van der Waals surface area contributed by atoms with Gasteiger partial charge in [-0.2, -0.15) is 0 Å². The Morgan fingerprint density at radius 1 is 1.09 bits per heavy atom. The first-order valence-corrected chi connectivity index (χ1v) is 16.8. The fourth-order valence-corrected chi connectivity index (χ4v) is 7.83. The molecule has 0 aliphatic carbocycles. The second-order valence-corrected chi connectivity index (χ2v) is 14.4. The molecular weight excluding hydrogens is 607 g/mol. The zero-order valence-corrected chi connectivity index (χ0v) is 25.8. The van der Waals surface area contributed by atoms with E-state index in [9.17, 15) is 27.5 Å². The number of nitrogens with one attached hydrogen (secondary N) is 2. The summed E-state index contributed by atoms with van der Waals surface area (Å²) in [5, 5.41) is 16.6. The number of carbonyl (C=O) groups is 2. The summed E-state index contributed by atoms with van der Waals surface area (Å²) in [4.78, 5) is 29.2. The van der Waals surface area contributed by atoms with Crippen LogP contribution >= 0.6 is 11.6 Å². The molecule has 0 aromatic heterocycles. The van der Waals surface area contributed by atoms with E-state index in [2.05, 4.69) is 10.6 Å². The number of rotatable bonds is 6. The lowest BCUT2D eigenvalue weighted by molar-refractivity contribution is -0.138. The molecule has 1 saturated heterocycles. The molecule has 2 amide bonds. The minimum absolute atomic E-state index is 0.167. The number of hydrogen-bond donors (Lipinski definition) is 3. The maximum Gasteiger partial charge on any atom is 0.245 e. The monoisotopic (exact) mass is 640 g/mol. The van der Waals surface area contributed by atoms with E-state index >= 15 is 0 Å². The first-order valence-electron chi connectivity index (χ1n) is 14.6. The normalized spacial score (nSPS) is 19.8. The van der Waals surface area contributed by atoms with E-state index in [0.29, 0.717) is 55.2 Å². The van der Waals surface area contributed by atoms with Crippen molar-refractivity contribution in [1.82, 2.24) is 15.5 Å². The molecule has 3 aliphatic heterocycles. The van der Waals surface area contributed by atoms with Crippen LogP contribution in [-0.4, -0.2) is 68.2 Å². The predicted molar refractivity (Wildman–Crippen MR) is 166 cm³/mol. The molecule has 3 heterocycles. The van der Waals surface area contributed by atoms with Crippen molar-refractivity contribution in [3.05, 3.63) is 93.8 Å². The molecule has 2 atom stereocenters. The van der Waals surface area contributed by atoms with Gasteiger partial charge in [0.2, 0.25) is 21.8 Å². The van der Waals surface area contributed by atoms with Crippen molar-refractivity contribution in [3.63, 3.8) is 0 Å². The Kier molecular flexibility index (Phi) is 8.06. The Morgan fingerprint density at radius 3 is 2.52 bits per heavy atom. The number of piperidine rings is 1. The molecule has 1 unspecified atom stereocenters. The highest BCUT2D eigenvalue weighted by molar-refractivity contribution is 7.92. The number of phenols is 1. The summed E-state index contributed by atoms with van der Waals surface area (Å²) in [6.07, 6.45) is 2.73. The summed E-state index contributed by atoms with van der Waals surface area (Å²) in [5.41, 5.74) is 3.24. The van der Waals surface area contributed by atoms with Crippen molar-refractivity contribution in [2.75, 3.05) is 30.2 Å². The smallest absolute Gasteiger partial charge is 0.245 e. The van der Waals surface area contributed by atoms with Crippen LogP contribution in [0.5, 0.6) is 5.75 Å². The van der Waals surface area contributed by atoms with Gasteiger partial charge >= 0.3 is 0 Å². The van der Waals surface area contributed by atoms with Crippen LogP contribution in [0.15, 0.2) is 60.7 Å². The summed E-state index contributed by atoms with van der Waals surface area (Å²) < 4.78 is 40.8. The van der Waals surface area contributed by atoms with Gasteiger partial charge in [0.1, 0.15) is 17.6 Å². The van der Waals surface area contributed by atoms with Crippen molar-refractivity contribution in [2.45, 2.75) is 49.7 Å². The number of sulfonamides is 1. The van der Waals surface area contributed by atoms with Crippen molar-refractivity contribution >= 4 is 39.1 Å². The third-order valence-corrected chi connectivity index (χ3v) is 10.5. The first-order chi connectivity index (χ1) is 20.9. The minimum Gasteiger partial charge on any atom is -0.508 e. The maximum atomic E-state index is 14.3. The van der Waals surface area contributed by atoms with E-state index in [0.717, 1.165) is 22.9 Å². The van der Waals surface area contributed by atoms with E-state index in [1.165, 1.54) is 22.5 Å². The molecule has 9 nitrogen and oxygen atoms in total. The molecule has 1 spiro atoms. The van der Waals surface area contributed by atoms with Gasteiger partial charge in [-0.05, 0) is 84.0 Å². The van der Waals surface area contributed by atoms with Gasteiger partial charge in [0.05, 0.1) is 18.0 Å². The molecule has 0 bridgehead atoms. The summed E-state index contributed by atoms with van der Waals surface area (Å²) in [7, 11) is -3.58. The van der Waals surface area contributed by atoms with Crippen molar-refractivity contribution in [1.29, 1.82) is 0 Å². The number of anilines is 1. The average Bonchev–Trinajstić information content (AvgIpc) is 3.31. The number of aromatic hydroxyl groups is 1. The molecular formula is C32H34ClFN4O5S. The van der Waals surface area contributed by atoms with Crippen LogP contribution in [0, 0.1) is 5.82 Å². The minimum atomic E-state index is -3.58. The van der Waals surface area contributed by atoms with Gasteiger partial charge in [-0.25, -0.2) is 12.8 Å². The Balaban J connectivity index is 1.20. The average molecular weight is 641 g/mol. The summed E-state index contributed by atoms with van der Waals surface area (Å²) in [5.74, 6) is -0.797. The molecule has 3 aliphatic rings. The number of likely N-dealkylation sites (tertiary alicyclic amines) is 1.